The molecule has 1 aromatic heterocycles. The molecule has 4 heterocycles. The van der Waals surface area contributed by atoms with Crippen molar-refractivity contribution in [2.45, 2.75) is 62.9 Å². The molecule has 0 radical (unpaired) electrons. The van der Waals surface area contributed by atoms with Gasteiger partial charge >= 0.3 is 16.4 Å². The SMILES string of the molecule is CC1(C)[C@H](NC(=O)/C(=N\O[C@](C)(C(=O)O)[C@H]2CCc3cc(C(N)=NC4[C@H]5CNC[C@H]45)ccc3O2)c2csc(N)n2)C(=O)N1OS(=O)(=O)O. The predicted octanol–water partition coefficient (Wildman–Crippen LogP) is -0.554. The van der Waals surface area contributed by atoms with Gasteiger partial charge in [-0.15, -0.1) is 15.6 Å². The van der Waals surface area contributed by atoms with Crippen molar-refractivity contribution in [3.63, 3.8) is 0 Å². The van der Waals surface area contributed by atoms with Crippen molar-refractivity contribution in [3.05, 3.63) is 40.4 Å². The van der Waals surface area contributed by atoms with Crippen molar-refractivity contribution >= 4 is 56.2 Å². The molecule has 3 aliphatic heterocycles. The number of benzene rings is 1. The third-order valence-corrected chi connectivity index (χ3v) is 10.1. The number of β-lactam (4-membered cyclic amide) rings is 1. The van der Waals surface area contributed by atoms with Crippen molar-refractivity contribution in [1.29, 1.82) is 0 Å². The van der Waals surface area contributed by atoms with Gasteiger partial charge in [-0.3, -0.25) is 19.1 Å². The standard InChI is InChI=1S/C28H34N8O10S2/c1-27(2)21(24(38)36(27)46-48(41,42)43)34-23(37)20(16-11-47-26(30)32-16)35-45-28(3,25(39)40)18-7-5-12-8-13(4-6-17(12)44-18)22(29)33-19-14-9-31-10-15(14)19/h4,6,8,11,14-15,18-19,21,31H,5,7,9-10H2,1-3H3,(H2,29,33)(H2,30,32)(H,34,37)(H,39,40)(H,41,42,43)/b35-20-/t14-,15-,18+,21+,28-/m0/s1. The Labute approximate surface area is 278 Å². The number of nitrogen functional groups attached to an aromatic ring is 1. The number of nitrogens with two attached hydrogens (primary N) is 2. The summed E-state index contributed by atoms with van der Waals surface area (Å²) in [7, 11) is -5.02. The van der Waals surface area contributed by atoms with E-state index in [2.05, 4.69) is 25.1 Å². The molecule has 5 atom stereocenters. The van der Waals surface area contributed by atoms with Crippen molar-refractivity contribution in [3.8, 4) is 5.75 Å². The second kappa shape index (κ2) is 11.9. The van der Waals surface area contributed by atoms with Gasteiger partial charge in [0.15, 0.2) is 16.9 Å². The molecule has 258 valence electrons. The largest absolute Gasteiger partial charge is 0.485 e. The maximum atomic E-state index is 13.4. The molecule has 20 heteroatoms. The maximum absolute atomic E-state index is 13.4. The second-order valence-corrected chi connectivity index (χ2v) is 14.6. The fourth-order valence-electron chi connectivity index (χ4n) is 6.14. The first kappa shape index (κ1) is 33.5. The molecular weight excluding hydrogens is 672 g/mol. The molecule has 2 aromatic rings. The van der Waals surface area contributed by atoms with Gasteiger partial charge in [-0.05, 0) is 57.4 Å². The van der Waals surface area contributed by atoms with Crippen LogP contribution in [-0.2, 0) is 40.3 Å². The molecule has 3 fully saturated rings. The molecule has 1 aliphatic carbocycles. The van der Waals surface area contributed by atoms with E-state index in [0.717, 1.165) is 35.6 Å². The number of carbonyl (C=O) groups excluding carboxylic acids is 2. The van der Waals surface area contributed by atoms with E-state index < -0.39 is 57.2 Å². The summed E-state index contributed by atoms with van der Waals surface area (Å²) in [6, 6.07) is 4.22. The van der Waals surface area contributed by atoms with Crippen LogP contribution in [0.5, 0.6) is 5.75 Å². The van der Waals surface area contributed by atoms with Gasteiger partial charge in [0.05, 0.1) is 11.6 Å². The molecule has 48 heavy (non-hydrogen) atoms. The van der Waals surface area contributed by atoms with E-state index >= 15 is 0 Å². The van der Waals surface area contributed by atoms with E-state index in [1.807, 2.05) is 6.07 Å². The summed E-state index contributed by atoms with van der Waals surface area (Å²) >= 11 is 0.969. The highest BCUT2D eigenvalue weighted by atomic mass is 32.3. The number of thiazole rings is 1. The van der Waals surface area contributed by atoms with Gasteiger partial charge < -0.3 is 36.8 Å². The number of oxime groups is 1. The average Bonchev–Trinajstić information content (AvgIpc) is 3.33. The summed E-state index contributed by atoms with van der Waals surface area (Å²) in [6.45, 7) is 5.88. The molecule has 1 saturated carbocycles. The minimum Gasteiger partial charge on any atom is -0.485 e. The molecule has 4 aliphatic rings. The molecule has 0 bridgehead atoms. The maximum Gasteiger partial charge on any atom is 0.418 e. The van der Waals surface area contributed by atoms with Gasteiger partial charge in [0.2, 0.25) is 0 Å². The molecule has 0 unspecified atom stereocenters. The average molecular weight is 707 g/mol. The summed E-state index contributed by atoms with van der Waals surface area (Å²) in [4.78, 5) is 53.0. The van der Waals surface area contributed by atoms with Crippen LogP contribution in [0.15, 0.2) is 33.7 Å². The van der Waals surface area contributed by atoms with Crippen molar-refractivity contribution in [2.24, 2.45) is 27.7 Å². The first-order chi connectivity index (χ1) is 22.5. The summed E-state index contributed by atoms with van der Waals surface area (Å²) in [6.07, 6.45) is -0.416. The monoisotopic (exact) mass is 706 g/mol. The van der Waals surface area contributed by atoms with Crippen LogP contribution in [-0.4, -0.2) is 99.9 Å². The molecule has 6 rings (SSSR count). The third kappa shape index (κ3) is 6.16. The Balaban J connectivity index is 1.19. The molecular formula is C28H34N8O10S2. The van der Waals surface area contributed by atoms with Crippen LogP contribution in [0.25, 0.3) is 0 Å². The van der Waals surface area contributed by atoms with E-state index in [-0.39, 0.29) is 23.3 Å². The first-order valence-corrected chi connectivity index (χ1v) is 17.1. The number of aromatic nitrogens is 1. The van der Waals surface area contributed by atoms with Crippen LogP contribution in [0.2, 0.25) is 0 Å². The number of aliphatic carboxylic acids is 1. The quantitative estimate of drug-likeness (QED) is 0.0563. The minimum atomic E-state index is -5.02. The zero-order valence-corrected chi connectivity index (χ0v) is 27.6. The smallest absolute Gasteiger partial charge is 0.418 e. The number of anilines is 1. The number of carboxylic acid groups (broad SMARTS) is 1. The van der Waals surface area contributed by atoms with Gasteiger partial charge in [0, 0.05) is 35.9 Å². The van der Waals surface area contributed by atoms with E-state index in [1.165, 1.54) is 26.2 Å². The topological polar surface area (TPSA) is 270 Å². The number of rotatable bonds is 11. The van der Waals surface area contributed by atoms with Crippen molar-refractivity contribution in [2.75, 3.05) is 18.8 Å². The Bertz CT molecular complexity index is 1840. The third-order valence-electron chi connectivity index (χ3n) is 9.10. The van der Waals surface area contributed by atoms with Crippen LogP contribution in [0, 0.1) is 11.8 Å². The van der Waals surface area contributed by atoms with Gasteiger partial charge in [-0.2, -0.15) is 13.5 Å². The Kier molecular flexibility index (Phi) is 8.35. The fourth-order valence-corrected chi connectivity index (χ4v) is 7.15. The Morgan fingerprint density at radius 1 is 1.29 bits per heavy atom. The number of aliphatic imine (C=N–C) groups is 1. The number of amidine groups is 1. The lowest BCUT2D eigenvalue weighted by Crippen LogP contribution is -2.76. The number of aryl methyl sites for hydroxylation is 1. The minimum absolute atomic E-state index is 0.0635. The van der Waals surface area contributed by atoms with E-state index in [1.54, 1.807) is 12.1 Å². The lowest BCUT2D eigenvalue weighted by atomic mass is 9.84. The lowest BCUT2D eigenvalue weighted by Gasteiger charge is -2.50. The number of nitrogens with zero attached hydrogens (tertiary/aromatic N) is 4. The predicted molar refractivity (Wildman–Crippen MR) is 169 cm³/mol. The molecule has 2 saturated heterocycles. The number of hydrogen-bond acceptors (Lipinski definition) is 14. The van der Waals surface area contributed by atoms with Crippen LogP contribution in [0.4, 0.5) is 5.13 Å². The van der Waals surface area contributed by atoms with Crippen LogP contribution >= 0.6 is 11.3 Å². The van der Waals surface area contributed by atoms with Crippen LogP contribution in [0.3, 0.4) is 0 Å². The molecule has 0 spiro atoms. The first-order valence-electron chi connectivity index (χ1n) is 14.9. The highest BCUT2D eigenvalue weighted by Crippen LogP contribution is 2.44. The molecule has 8 N–H and O–H groups in total. The number of carbonyl (C=O) groups is 3. The summed E-state index contributed by atoms with van der Waals surface area (Å²) in [5, 5.41) is 21.7. The lowest BCUT2D eigenvalue weighted by molar-refractivity contribution is -0.218. The van der Waals surface area contributed by atoms with Crippen LogP contribution < -0.4 is 26.8 Å². The fraction of sp³-hybridized carbons (Fsp3) is 0.500. The van der Waals surface area contributed by atoms with Crippen molar-refractivity contribution in [1.82, 2.24) is 20.7 Å². The van der Waals surface area contributed by atoms with Gasteiger partial charge in [0.25, 0.3) is 17.4 Å². The summed E-state index contributed by atoms with van der Waals surface area (Å²) in [5.74, 6) is -1.52. The zero-order valence-electron chi connectivity index (χ0n) is 25.9. The number of hydrogen-bond donors (Lipinski definition) is 6. The second-order valence-electron chi connectivity index (χ2n) is 12.7. The van der Waals surface area contributed by atoms with Crippen molar-refractivity contribution < 1.29 is 46.3 Å². The number of fused-ring (bicyclic) bond motifs is 2. The zero-order chi connectivity index (χ0) is 34.8. The summed E-state index contributed by atoms with van der Waals surface area (Å²) in [5.41, 5.74) is 9.50. The van der Waals surface area contributed by atoms with Gasteiger partial charge in [0.1, 0.15) is 23.3 Å². The van der Waals surface area contributed by atoms with E-state index in [4.69, 9.17) is 30.6 Å². The number of piperidine rings is 1. The van der Waals surface area contributed by atoms with E-state index in [9.17, 15) is 27.9 Å². The highest BCUT2D eigenvalue weighted by molar-refractivity contribution is 7.80. The Morgan fingerprint density at radius 2 is 2.00 bits per heavy atom. The van der Waals surface area contributed by atoms with Gasteiger partial charge in [-0.25, -0.2) is 9.78 Å². The number of carboxylic acids is 1. The highest BCUT2D eigenvalue weighted by Gasteiger charge is 2.58. The molecule has 18 nitrogen and oxygen atoms in total. The number of hydroxylamine groups is 2. The summed E-state index contributed by atoms with van der Waals surface area (Å²) < 4.78 is 41.7. The Hall–Kier alpha value is -4.37. The normalized spacial score (nSPS) is 27.5. The Morgan fingerprint density at radius 3 is 2.60 bits per heavy atom. The van der Waals surface area contributed by atoms with Crippen LogP contribution in [0.1, 0.15) is 44.0 Å². The van der Waals surface area contributed by atoms with E-state index in [0.29, 0.717) is 34.9 Å². The molecule has 2 amide bonds. The van der Waals surface area contributed by atoms with Gasteiger partial charge in [-0.1, -0.05) is 5.16 Å². The molecule has 1 aromatic carbocycles. The number of nitrogens with one attached hydrogen (secondary N) is 2. The number of ether oxygens (including phenoxy) is 1. The number of amides is 2.